The maximum atomic E-state index is 5.76. The molecule has 1 aliphatic heterocycles. The number of nitrogen functional groups attached to an aromatic ring is 1. The lowest BCUT2D eigenvalue weighted by Gasteiger charge is -2.34. The van der Waals surface area contributed by atoms with Crippen molar-refractivity contribution >= 4 is 11.5 Å². The first-order valence-electron chi connectivity index (χ1n) is 5.78. The maximum absolute atomic E-state index is 5.76. The monoisotopic (exact) mass is 221 g/mol. The van der Waals surface area contributed by atoms with Crippen LogP contribution < -0.4 is 15.4 Å². The number of anilines is 2. The first-order chi connectivity index (χ1) is 7.72. The zero-order valence-electron chi connectivity index (χ0n) is 9.94. The van der Waals surface area contributed by atoms with E-state index in [4.69, 9.17) is 10.5 Å². The second kappa shape index (κ2) is 4.60. The number of ether oxygens (including phenoxy) is 1. The molecule has 0 aromatic carbocycles. The Balaban J connectivity index is 2.25. The van der Waals surface area contributed by atoms with E-state index in [-0.39, 0.29) is 0 Å². The third-order valence-electron chi connectivity index (χ3n) is 3.20. The predicted octanol–water partition coefficient (Wildman–Crippen LogP) is 2.05. The zero-order valence-corrected chi connectivity index (χ0v) is 9.94. The molecule has 4 nitrogen and oxygen atoms in total. The predicted molar refractivity (Wildman–Crippen MR) is 65.9 cm³/mol. The number of hydrogen-bond acceptors (Lipinski definition) is 4. The first-order valence-corrected chi connectivity index (χ1v) is 5.78. The summed E-state index contributed by atoms with van der Waals surface area (Å²) in [5, 5.41) is 0. The molecule has 88 valence electrons. The van der Waals surface area contributed by atoms with Gasteiger partial charge in [0.05, 0.1) is 19.0 Å². The van der Waals surface area contributed by atoms with Crippen molar-refractivity contribution in [1.29, 1.82) is 0 Å². The minimum atomic E-state index is 0.551. The van der Waals surface area contributed by atoms with Crippen molar-refractivity contribution in [3.63, 3.8) is 0 Å². The highest BCUT2D eigenvalue weighted by molar-refractivity contribution is 5.57. The van der Waals surface area contributed by atoms with Crippen molar-refractivity contribution in [1.82, 2.24) is 4.98 Å². The molecular weight excluding hydrogens is 202 g/mol. The average molecular weight is 221 g/mol. The van der Waals surface area contributed by atoms with Crippen LogP contribution in [0.5, 0.6) is 5.75 Å². The summed E-state index contributed by atoms with van der Waals surface area (Å²) in [7, 11) is 1.63. The highest BCUT2D eigenvalue weighted by Crippen LogP contribution is 2.28. The molecule has 2 N–H and O–H groups in total. The smallest absolute Gasteiger partial charge is 0.147 e. The van der Waals surface area contributed by atoms with Gasteiger partial charge in [-0.3, -0.25) is 0 Å². The Labute approximate surface area is 96.4 Å². The molecule has 0 spiro atoms. The van der Waals surface area contributed by atoms with Crippen LogP contribution in [-0.2, 0) is 0 Å². The fourth-order valence-electron chi connectivity index (χ4n) is 2.21. The lowest BCUT2D eigenvalue weighted by atomic mass is 10.0. The summed E-state index contributed by atoms with van der Waals surface area (Å²) in [6, 6.07) is 2.48. The molecular formula is C12H19N3O. The highest BCUT2D eigenvalue weighted by Gasteiger charge is 2.20. The molecule has 0 bridgehead atoms. The number of nitrogens with zero attached hydrogens (tertiary/aromatic N) is 2. The molecule has 1 unspecified atom stereocenters. The van der Waals surface area contributed by atoms with E-state index in [1.54, 1.807) is 13.3 Å². The molecule has 1 aromatic rings. The Morgan fingerprint density at radius 1 is 1.50 bits per heavy atom. The van der Waals surface area contributed by atoms with Gasteiger partial charge in [-0.25, -0.2) is 4.98 Å². The van der Waals surface area contributed by atoms with Gasteiger partial charge in [0, 0.05) is 18.7 Å². The number of nitrogens with two attached hydrogens (primary N) is 1. The van der Waals surface area contributed by atoms with Gasteiger partial charge in [0.15, 0.2) is 0 Å². The van der Waals surface area contributed by atoms with Gasteiger partial charge in [-0.15, -0.1) is 0 Å². The second-order valence-electron chi connectivity index (χ2n) is 4.32. The molecule has 1 saturated heterocycles. The van der Waals surface area contributed by atoms with Crippen LogP contribution in [0.4, 0.5) is 11.5 Å². The van der Waals surface area contributed by atoms with Crippen LogP contribution in [0.1, 0.15) is 26.2 Å². The summed E-state index contributed by atoms with van der Waals surface area (Å²) in [5.74, 6) is 1.68. The number of rotatable bonds is 2. The van der Waals surface area contributed by atoms with Gasteiger partial charge in [-0.2, -0.15) is 0 Å². The third-order valence-corrected chi connectivity index (χ3v) is 3.20. The van der Waals surface area contributed by atoms with Gasteiger partial charge in [0.25, 0.3) is 0 Å². The van der Waals surface area contributed by atoms with E-state index in [0.717, 1.165) is 12.4 Å². The summed E-state index contributed by atoms with van der Waals surface area (Å²) in [5.41, 5.74) is 6.35. The molecule has 1 fully saturated rings. The van der Waals surface area contributed by atoms with E-state index >= 15 is 0 Å². The number of methoxy groups -OCH3 is 1. The van der Waals surface area contributed by atoms with Crippen LogP contribution >= 0.6 is 0 Å². The van der Waals surface area contributed by atoms with Gasteiger partial charge in [0.1, 0.15) is 11.6 Å². The zero-order chi connectivity index (χ0) is 11.5. The van der Waals surface area contributed by atoms with Gasteiger partial charge < -0.3 is 15.4 Å². The average Bonchev–Trinajstić information content (AvgIpc) is 2.31. The van der Waals surface area contributed by atoms with Gasteiger partial charge >= 0.3 is 0 Å². The minimum absolute atomic E-state index is 0.551. The molecule has 0 amide bonds. The van der Waals surface area contributed by atoms with E-state index in [1.807, 2.05) is 6.07 Å². The Morgan fingerprint density at radius 3 is 3.00 bits per heavy atom. The SMILES string of the molecule is COc1cc(N2CCCCC2C)ncc1N. The van der Waals surface area contributed by atoms with Gasteiger partial charge in [-0.1, -0.05) is 0 Å². The van der Waals surface area contributed by atoms with Crippen LogP contribution in [0.15, 0.2) is 12.3 Å². The summed E-state index contributed by atoms with van der Waals surface area (Å²) in [6.07, 6.45) is 5.45. The number of pyridine rings is 1. The van der Waals surface area contributed by atoms with Crippen LogP contribution in [0.2, 0.25) is 0 Å². The lowest BCUT2D eigenvalue weighted by Crippen LogP contribution is -2.37. The molecule has 2 heterocycles. The highest BCUT2D eigenvalue weighted by atomic mass is 16.5. The van der Waals surface area contributed by atoms with Gasteiger partial charge in [0.2, 0.25) is 0 Å². The Morgan fingerprint density at radius 2 is 2.31 bits per heavy atom. The Hall–Kier alpha value is -1.45. The molecule has 1 aliphatic rings. The van der Waals surface area contributed by atoms with Crippen LogP contribution in [0.3, 0.4) is 0 Å². The third kappa shape index (κ3) is 2.05. The second-order valence-corrected chi connectivity index (χ2v) is 4.32. The van der Waals surface area contributed by atoms with Crippen molar-refractivity contribution in [2.75, 3.05) is 24.3 Å². The van der Waals surface area contributed by atoms with Crippen LogP contribution in [0.25, 0.3) is 0 Å². The standard InChI is InChI=1S/C12H19N3O/c1-9-5-3-4-6-15(9)12-7-11(16-2)10(13)8-14-12/h7-9H,3-6,13H2,1-2H3. The largest absolute Gasteiger partial charge is 0.494 e. The lowest BCUT2D eigenvalue weighted by molar-refractivity contribution is 0.415. The fraction of sp³-hybridized carbons (Fsp3) is 0.583. The van der Waals surface area contributed by atoms with Gasteiger partial charge in [-0.05, 0) is 26.2 Å². The molecule has 0 saturated carbocycles. The Bertz CT molecular complexity index is 367. The fourth-order valence-corrected chi connectivity index (χ4v) is 2.21. The first kappa shape index (κ1) is 11.0. The van der Waals surface area contributed by atoms with Crippen molar-refractivity contribution < 1.29 is 4.74 Å². The summed E-state index contributed by atoms with van der Waals surface area (Å²) < 4.78 is 5.22. The van der Waals surface area contributed by atoms with Crippen molar-refractivity contribution in [3.8, 4) is 5.75 Å². The van der Waals surface area contributed by atoms with Crippen LogP contribution in [-0.4, -0.2) is 24.7 Å². The molecule has 2 rings (SSSR count). The number of hydrogen-bond donors (Lipinski definition) is 1. The number of aromatic nitrogens is 1. The van der Waals surface area contributed by atoms with E-state index < -0.39 is 0 Å². The maximum Gasteiger partial charge on any atom is 0.147 e. The van der Waals surface area contributed by atoms with E-state index in [1.165, 1.54) is 19.3 Å². The van der Waals surface area contributed by atoms with Crippen LogP contribution in [0, 0.1) is 0 Å². The van der Waals surface area contributed by atoms with E-state index in [9.17, 15) is 0 Å². The van der Waals surface area contributed by atoms with E-state index in [0.29, 0.717) is 17.5 Å². The molecule has 16 heavy (non-hydrogen) atoms. The summed E-state index contributed by atoms with van der Waals surface area (Å²) >= 11 is 0. The number of piperidine rings is 1. The Kier molecular flexibility index (Phi) is 3.17. The van der Waals surface area contributed by atoms with E-state index in [2.05, 4.69) is 16.8 Å². The van der Waals surface area contributed by atoms with Crippen molar-refractivity contribution in [3.05, 3.63) is 12.3 Å². The normalized spacial score (nSPS) is 20.9. The minimum Gasteiger partial charge on any atom is -0.494 e. The molecule has 0 aliphatic carbocycles. The molecule has 1 atom stereocenters. The molecule has 4 heteroatoms. The summed E-state index contributed by atoms with van der Waals surface area (Å²) in [6.45, 7) is 3.31. The quantitative estimate of drug-likeness (QED) is 0.830. The molecule has 1 aromatic heterocycles. The summed E-state index contributed by atoms with van der Waals surface area (Å²) in [4.78, 5) is 6.71. The van der Waals surface area contributed by atoms with Crippen molar-refractivity contribution in [2.45, 2.75) is 32.2 Å². The van der Waals surface area contributed by atoms with Crippen molar-refractivity contribution in [2.24, 2.45) is 0 Å². The topological polar surface area (TPSA) is 51.4 Å². The molecule has 0 radical (unpaired) electrons.